The monoisotopic (exact) mass is 260 g/mol. The topological polar surface area (TPSA) is 32.3 Å². The molecular formula is C16H24N2O. The molecule has 1 aromatic carbocycles. The summed E-state index contributed by atoms with van der Waals surface area (Å²) in [5.74, 6) is 0.435. The molecule has 0 spiro atoms. The molecule has 19 heavy (non-hydrogen) atoms. The lowest BCUT2D eigenvalue weighted by Crippen LogP contribution is -2.13. The van der Waals surface area contributed by atoms with Crippen LogP contribution in [0.3, 0.4) is 0 Å². The molecule has 0 heterocycles. The van der Waals surface area contributed by atoms with E-state index in [2.05, 4.69) is 25.2 Å². The standard InChI is InChI=1S/C16H24N2O/c1-5-13(2)14-8-6-9-15(12-14)17-16(19)10-7-11-18(3)4/h6-10,12-13H,5,11H2,1-4H3,(H,17,19)/b10-7+. The molecule has 0 radical (unpaired) electrons. The van der Waals surface area contributed by atoms with Crippen LogP contribution in [0.5, 0.6) is 0 Å². The molecular weight excluding hydrogens is 236 g/mol. The van der Waals surface area contributed by atoms with Crippen LogP contribution in [0, 0.1) is 0 Å². The zero-order chi connectivity index (χ0) is 14.3. The number of anilines is 1. The highest BCUT2D eigenvalue weighted by molar-refractivity contribution is 5.99. The second-order valence-corrected chi connectivity index (χ2v) is 5.09. The summed E-state index contributed by atoms with van der Waals surface area (Å²) in [5, 5.41) is 2.89. The summed E-state index contributed by atoms with van der Waals surface area (Å²) in [6.07, 6.45) is 4.53. The van der Waals surface area contributed by atoms with Crippen LogP contribution in [-0.4, -0.2) is 31.4 Å². The summed E-state index contributed by atoms with van der Waals surface area (Å²) in [6, 6.07) is 8.06. The summed E-state index contributed by atoms with van der Waals surface area (Å²) < 4.78 is 0. The number of rotatable bonds is 6. The molecule has 104 valence electrons. The van der Waals surface area contributed by atoms with Gasteiger partial charge in [-0.1, -0.05) is 32.1 Å². The Morgan fingerprint density at radius 3 is 2.79 bits per heavy atom. The number of carbonyl (C=O) groups is 1. The fraction of sp³-hybridized carbons (Fsp3) is 0.438. The van der Waals surface area contributed by atoms with E-state index in [9.17, 15) is 4.79 Å². The van der Waals surface area contributed by atoms with Gasteiger partial charge >= 0.3 is 0 Å². The van der Waals surface area contributed by atoms with E-state index in [-0.39, 0.29) is 5.91 Å². The van der Waals surface area contributed by atoms with E-state index < -0.39 is 0 Å². The van der Waals surface area contributed by atoms with Crippen molar-refractivity contribution in [3.8, 4) is 0 Å². The van der Waals surface area contributed by atoms with E-state index >= 15 is 0 Å². The van der Waals surface area contributed by atoms with E-state index in [1.807, 2.05) is 43.3 Å². The number of nitrogens with zero attached hydrogens (tertiary/aromatic N) is 1. The van der Waals surface area contributed by atoms with Crippen molar-refractivity contribution in [3.05, 3.63) is 42.0 Å². The zero-order valence-electron chi connectivity index (χ0n) is 12.3. The Morgan fingerprint density at radius 2 is 2.16 bits per heavy atom. The lowest BCUT2D eigenvalue weighted by molar-refractivity contribution is -0.111. The molecule has 0 fully saturated rings. The second kappa shape index (κ2) is 7.74. The molecule has 0 saturated carbocycles. The number of nitrogens with one attached hydrogen (secondary N) is 1. The molecule has 1 aromatic rings. The Balaban J connectivity index is 2.62. The normalized spacial score (nSPS) is 12.9. The molecule has 1 atom stereocenters. The van der Waals surface area contributed by atoms with Crippen LogP contribution in [0.15, 0.2) is 36.4 Å². The maximum Gasteiger partial charge on any atom is 0.248 e. The largest absolute Gasteiger partial charge is 0.323 e. The highest BCUT2D eigenvalue weighted by Crippen LogP contribution is 2.21. The number of carbonyl (C=O) groups excluding carboxylic acids is 1. The SMILES string of the molecule is CCC(C)c1cccc(NC(=O)/C=C/CN(C)C)c1. The highest BCUT2D eigenvalue weighted by Gasteiger charge is 2.04. The highest BCUT2D eigenvalue weighted by atomic mass is 16.1. The molecule has 3 nitrogen and oxygen atoms in total. The van der Waals surface area contributed by atoms with Gasteiger partial charge in [-0.15, -0.1) is 0 Å². The summed E-state index contributed by atoms with van der Waals surface area (Å²) in [6.45, 7) is 5.12. The van der Waals surface area contributed by atoms with E-state index in [0.29, 0.717) is 5.92 Å². The van der Waals surface area contributed by atoms with Gasteiger partial charge in [-0.2, -0.15) is 0 Å². The van der Waals surface area contributed by atoms with Crippen molar-refractivity contribution in [1.29, 1.82) is 0 Å². The first-order valence-electron chi connectivity index (χ1n) is 6.75. The van der Waals surface area contributed by atoms with Crippen LogP contribution in [0.4, 0.5) is 5.69 Å². The minimum absolute atomic E-state index is 0.0804. The number of likely N-dealkylation sites (N-methyl/N-ethyl adjacent to an activating group) is 1. The van der Waals surface area contributed by atoms with Crippen molar-refractivity contribution in [2.75, 3.05) is 26.0 Å². The summed E-state index contributed by atoms with van der Waals surface area (Å²) in [4.78, 5) is 13.7. The van der Waals surface area contributed by atoms with Crippen LogP contribution in [0.25, 0.3) is 0 Å². The predicted octanol–water partition coefficient (Wildman–Crippen LogP) is 3.26. The smallest absolute Gasteiger partial charge is 0.248 e. The Labute approximate surface area is 116 Å². The van der Waals surface area contributed by atoms with Crippen LogP contribution in [0.1, 0.15) is 31.7 Å². The van der Waals surface area contributed by atoms with Crippen LogP contribution in [0.2, 0.25) is 0 Å². The van der Waals surface area contributed by atoms with Crippen molar-refractivity contribution in [2.24, 2.45) is 0 Å². The first kappa shape index (κ1) is 15.4. The van der Waals surface area contributed by atoms with Crippen LogP contribution in [-0.2, 0) is 4.79 Å². The van der Waals surface area contributed by atoms with Crippen molar-refractivity contribution in [1.82, 2.24) is 4.90 Å². The molecule has 0 aliphatic carbocycles. The van der Waals surface area contributed by atoms with E-state index in [1.54, 1.807) is 6.08 Å². The summed E-state index contributed by atoms with van der Waals surface area (Å²) in [5.41, 5.74) is 2.12. The average Bonchev–Trinajstić information content (AvgIpc) is 2.37. The molecule has 1 amide bonds. The molecule has 0 aromatic heterocycles. The molecule has 0 aliphatic rings. The first-order chi connectivity index (χ1) is 9.02. The van der Waals surface area contributed by atoms with E-state index in [4.69, 9.17) is 0 Å². The fourth-order valence-electron chi connectivity index (χ4n) is 1.71. The molecule has 1 rings (SSSR count). The lowest BCUT2D eigenvalue weighted by Gasteiger charge is -2.11. The number of hydrogen-bond acceptors (Lipinski definition) is 2. The Bertz CT molecular complexity index is 438. The van der Waals surface area contributed by atoms with Crippen molar-refractivity contribution >= 4 is 11.6 Å². The van der Waals surface area contributed by atoms with Crippen molar-refractivity contribution < 1.29 is 4.79 Å². The second-order valence-electron chi connectivity index (χ2n) is 5.09. The van der Waals surface area contributed by atoms with Gasteiger partial charge < -0.3 is 10.2 Å². The third kappa shape index (κ3) is 5.71. The third-order valence-corrected chi connectivity index (χ3v) is 3.08. The number of hydrogen-bond donors (Lipinski definition) is 1. The molecule has 0 saturated heterocycles. The molecule has 1 N–H and O–H groups in total. The molecule has 3 heteroatoms. The van der Waals surface area contributed by atoms with Gasteiger partial charge in [0.15, 0.2) is 0 Å². The predicted molar refractivity (Wildman–Crippen MR) is 81.5 cm³/mol. The number of amides is 1. The van der Waals surface area contributed by atoms with Gasteiger partial charge in [-0.25, -0.2) is 0 Å². The Kier molecular flexibility index (Phi) is 6.30. The van der Waals surface area contributed by atoms with Crippen molar-refractivity contribution in [3.63, 3.8) is 0 Å². The van der Waals surface area contributed by atoms with Gasteiger partial charge in [0.05, 0.1) is 0 Å². The number of benzene rings is 1. The lowest BCUT2D eigenvalue weighted by atomic mass is 9.98. The molecule has 0 bridgehead atoms. The fourth-order valence-corrected chi connectivity index (χ4v) is 1.71. The van der Waals surface area contributed by atoms with Gasteiger partial charge in [0.2, 0.25) is 5.91 Å². The van der Waals surface area contributed by atoms with Crippen LogP contribution >= 0.6 is 0 Å². The first-order valence-corrected chi connectivity index (χ1v) is 6.75. The van der Waals surface area contributed by atoms with Gasteiger partial charge in [-0.3, -0.25) is 4.79 Å². The van der Waals surface area contributed by atoms with Crippen LogP contribution < -0.4 is 5.32 Å². The molecule has 0 aliphatic heterocycles. The van der Waals surface area contributed by atoms with Gasteiger partial charge in [-0.05, 0) is 44.1 Å². The summed E-state index contributed by atoms with van der Waals surface area (Å²) >= 11 is 0. The quantitative estimate of drug-likeness (QED) is 0.796. The Morgan fingerprint density at radius 1 is 1.42 bits per heavy atom. The minimum Gasteiger partial charge on any atom is -0.323 e. The van der Waals surface area contributed by atoms with Gasteiger partial charge in [0.25, 0.3) is 0 Å². The Hall–Kier alpha value is -1.61. The van der Waals surface area contributed by atoms with E-state index in [1.165, 1.54) is 5.56 Å². The maximum atomic E-state index is 11.7. The average molecular weight is 260 g/mol. The van der Waals surface area contributed by atoms with Gasteiger partial charge in [0.1, 0.15) is 0 Å². The maximum absolute atomic E-state index is 11.7. The van der Waals surface area contributed by atoms with Crippen molar-refractivity contribution in [2.45, 2.75) is 26.2 Å². The zero-order valence-corrected chi connectivity index (χ0v) is 12.3. The van der Waals surface area contributed by atoms with E-state index in [0.717, 1.165) is 18.7 Å². The summed E-state index contributed by atoms with van der Waals surface area (Å²) in [7, 11) is 3.94. The third-order valence-electron chi connectivity index (χ3n) is 3.08. The molecule has 1 unspecified atom stereocenters. The van der Waals surface area contributed by atoms with Gasteiger partial charge in [0, 0.05) is 18.3 Å². The minimum atomic E-state index is -0.0804.